The lowest BCUT2D eigenvalue weighted by Gasteiger charge is -2.31. The highest BCUT2D eigenvalue weighted by atomic mass is 79.9. The minimum atomic E-state index is 0.645. The van der Waals surface area contributed by atoms with Crippen LogP contribution in [0.4, 0.5) is 0 Å². The van der Waals surface area contributed by atoms with Crippen molar-refractivity contribution in [3.63, 3.8) is 0 Å². The third-order valence-corrected chi connectivity index (χ3v) is 3.65. The molecular formula is C12H19BrN2O. The van der Waals surface area contributed by atoms with E-state index in [2.05, 4.69) is 33.1 Å². The Morgan fingerprint density at radius 2 is 2.19 bits per heavy atom. The van der Waals surface area contributed by atoms with Crippen molar-refractivity contribution < 1.29 is 4.42 Å². The molecule has 0 radical (unpaired) electrons. The van der Waals surface area contributed by atoms with Crippen LogP contribution in [0, 0.1) is 0 Å². The number of likely N-dealkylation sites (tertiary alicyclic amines) is 1. The molecule has 1 aliphatic rings. The molecule has 0 aromatic carbocycles. The van der Waals surface area contributed by atoms with Crippen molar-refractivity contribution >= 4 is 15.9 Å². The van der Waals surface area contributed by atoms with Crippen LogP contribution in [0.15, 0.2) is 21.2 Å². The number of halogens is 1. The van der Waals surface area contributed by atoms with Gasteiger partial charge in [-0.25, -0.2) is 0 Å². The summed E-state index contributed by atoms with van der Waals surface area (Å²) < 4.78 is 6.27. The van der Waals surface area contributed by atoms with E-state index in [1.807, 2.05) is 12.1 Å². The van der Waals surface area contributed by atoms with Crippen LogP contribution in [-0.2, 0) is 6.54 Å². The Kier molecular flexibility index (Phi) is 4.44. The van der Waals surface area contributed by atoms with Gasteiger partial charge in [0.15, 0.2) is 4.67 Å². The van der Waals surface area contributed by atoms with Gasteiger partial charge in [-0.05, 0) is 60.5 Å². The summed E-state index contributed by atoms with van der Waals surface area (Å²) in [4.78, 5) is 2.50. The SMILES string of the molecule is CCN1CCC(NCc2ccc(Br)o2)CC1. The van der Waals surface area contributed by atoms with E-state index in [0.717, 1.165) is 17.0 Å². The van der Waals surface area contributed by atoms with E-state index in [9.17, 15) is 0 Å². The van der Waals surface area contributed by atoms with Gasteiger partial charge >= 0.3 is 0 Å². The lowest BCUT2D eigenvalue weighted by Crippen LogP contribution is -2.42. The van der Waals surface area contributed by atoms with E-state index in [-0.39, 0.29) is 0 Å². The monoisotopic (exact) mass is 286 g/mol. The van der Waals surface area contributed by atoms with Gasteiger partial charge in [0.1, 0.15) is 5.76 Å². The van der Waals surface area contributed by atoms with Crippen LogP contribution in [0.25, 0.3) is 0 Å². The van der Waals surface area contributed by atoms with Gasteiger partial charge < -0.3 is 14.6 Å². The Balaban J connectivity index is 1.71. The Morgan fingerprint density at radius 3 is 2.75 bits per heavy atom. The second-order valence-electron chi connectivity index (χ2n) is 4.30. The lowest BCUT2D eigenvalue weighted by atomic mass is 10.1. The molecule has 90 valence electrons. The molecule has 0 aliphatic carbocycles. The molecule has 0 atom stereocenters. The van der Waals surface area contributed by atoms with E-state index < -0.39 is 0 Å². The largest absolute Gasteiger partial charge is 0.453 e. The first-order valence-corrected chi connectivity index (χ1v) is 6.77. The highest BCUT2D eigenvalue weighted by molar-refractivity contribution is 9.10. The lowest BCUT2D eigenvalue weighted by molar-refractivity contribution is 0.204. The van der Waals surface area contributed by atoms with Crippen LogP contribution in [-0.4, -0.2) is 30.6 Å². The van der Waals surface area contributed by atoms with Crippen LogP contribution in [0.5, 0.6) is 0 Å². The fraction of sp³-hybridized carbons (Fsp3) is 0.667. The number of furan rings is 1. The average molecular weight is 287 g/mol. The molecular weight excluding hydrogens is 268 g/mol. The zero-order chi connectivity index (χ0) is 11.4. The predicted octanol–water partition coefficient (Wildman–Crippen LogP) is 2.62. The average Bonchev–Trinajstić information content (AvgIpc) is 2.73. The van der Waals surface area contributed by atoms with Crippen molar-refractivity contribution in [1.82, 2.24) is 10.2 Å². The van der Waals surface area contributed by atoms with Gasteiger partial charge in [0.05, 0.1) is 6.54 Å². The zero-order valence-electron chi connectivity index (χ0n) is 9.71. The maximum absolute atomic E-state index is 5.46. The molecule has 0 saturated carbocycles. The summed E-state index contributed by atoms with van der Waals surface area (Å²) in [5.41, 5.74) is 0. The van der Waals surface area contributed by atoms with E-state index in [0.29, 0.717) is 6.04 Å². The molecule has 0 spiro atoms. The van der Waals surface area contributed by atoms with Crippen molar-refractivity contribution in [2.75, 3.05) is 19.6 Å². The molecule has 0 unspecified atom stereocenters. The molecule has 0 bridgehead atoms. The second-order valence-corrected chi connectivity index (χ2v) is 5.08. The normalized spacial score (nSPS) is 19.1. The van der Waals surface area contributed by atoms with Gasteiger partial charge in [-0.1, -0.05) is 6.92 Å². The number of hydrogen-bond donors (Lipinski definition) is 1. The van der Waals surface area contributed by atoms with Crippen molar-refractivity contribution in [2.45, 2.75) is 32.4 Å². The van der Waals surface area contributed by atoms with E-state index in [1.165, 1.54) is 32.5 Å². The standard InChI is InChI=1S/C12H19BrN2O/c1-2-15-7-5-10(6-8-15)14-9-11-3-4-12(13)16-11/h3-4,10,14H,2,5-9H2,1H3. The van der Waals surface area contributed by atoms with Crippen molar-refractivity contribution in [2.24, 2.45) is 0 Å². The summed E-state index contributed by atoms with van der Waals surface area (Å²) >= 11 is 3.31. The fourth-order valence-electron chi connectivity index (χ4n) is 2.14. The molecule has 1 N–H and O–H groups in total. The van der Waals surface area contributed by atoms with Crippen molar-refractivity contribution in [1.29, 1.82) is 0 Å². The summed E-state index contributed by atoms with van der Waals surface area (Å²) in [5.74, 6) is 1.00. The first-order chi connectivity index (χ1) is 7.78. The minimum absolute atomic E-state index is 0.645. The Hall–Kier alpha value is -0.320. The number of nitrogens with zero attached hydrogens (tertiary/aromatic N) is 1. The summed E-state index contributed by atoms with van der Waals surface area (Å²) in [6.07, 6.45) is 2.49. The van der Waals surface area contributed by atoms with Gasteiger partial charge in [-0.3, -0.25) is 0 Å². The number of nitrogens with one attached hydrogen (secondary N) is 1. The molecule has 0 amide bonds. The van der Waals surface area contributed by atoms with Crippen LogP contribution < -0.4 is 5.32 Å². The number of hydrogen-bond acceptors (Lipinski definition) is 3. The first-order valence-electron chi connectivity index (χ1n) is 5.98. The molecule has 2 heterocycles. The summed E-state index contributed by atoms with van der Waals surface area (Å²) in [6, 6.07) is 4.60. The molecule has 3 nitrogen and oxygen atoms in total. The van der Waals surface area contributed by atoms with Crippen LogP contribution in [0.3, 0.4) is 0 Å². The minimum Gasteiger partial charge on any atom is -0.453 e. The third-order valence-electron chi connectivity index (χ3n) is 3.23. The van der Waals surface area contributed by atoms with E-state index >= 15 is 0 Å². The second kappa shape index (κ2) is 5.84. The highest BCUT2D eigenvalue weighted by Crippen LogP contribution is 2.15. The highest BCUT2D eigenvalue weighted by Gasteiger charge is 2.17. The molecule has 1 aromatic rings. The quantitative estimate of drug-likeness (QED) is 0.922. The van der Waals surface area contributed by atoms with E-state index in [4.69, 9.17) is 4.42 Å². The van der Waals surface area contributed by atoms with Crippen LogP contribution in [0.2, 0.25) is 0 Å². The summed E-state index contributed by atoms with van der Waals surface area (Å²) in [6.45, 7) is 6.68. The topological polar surface area (TPSA) is 28.4 Å². The molecule has 1 fully saturated rings. The first kappa shape index (κ1) is 12.1. The van der Waals surface area contributed by atoms with Crippen molar-refractivity contribution in [3.05, 3.63) is 22.6 Å². The third kappa shape index (κ3) is 3.34. The predicted molar refractivity (Wildman–Crippen MR) is 68.4 cm³/mol. The fourth-order valence-corrected chi connectivity index (χ4v) is 2.49. The number of rotatable bonds is 4. The van der Waals surface area contributed by atoms with Crippen LogP contribution >= 0.6 is 15.9 Å². The van der Waals surface area contributed by atoms with Crippen LogP contribution in [0.1, 0.15) is 25.5 Å². The molecule has 4 heteroatoms. The molecule has 1 aliphatic heterocycles. The number of piperidine rings is 1. The maximum atomic E-state index is 5.46. The Bertz CT molecular complexity index is 319. The van der Waals surface area contributed by atoms with Gasteiger partial charge in [0.2, 0.25) is 0 Å². The smallest absolute Gasteiger partial charge is 0.169 e. The molecule has 1 aromatic heterocycles. The van der Waals surface area contributed by atoms with Crippen molar-refractivity contribution in [3.8, 4) is 0 Å². The maximum Gasteiger partial charge on any atom is 0.169 e. The van der Waals surface area contributed by atoms with E-state index in [1.54, 1.807) is 0 Å². The molecule has 16 heavy (non-hydrogen) atoms. The molecule has 2 rings (SSSR count). The van der Waals surface area contributed by atoms with Gasteiger partial charge in [-0.2, -0.15) is 0 Å². The van der Waals surface area contributed by atoms with Gasteiger partial charge in [0.25, 0.3) is 0 Å². The summed E-state index contributed by atoms with van der Waals surface area (Å²) in [5, 5.41) is 3.55. The summed E-state index contributed by atoms with van der Waals surface area (Å²) in [7, 11) is 0. The van der Waals surface area contributed by atoms with Gasteiger partial charge in [-0.15, -0.1) is 0 Å². The zero-order valence-corrected chi connectivity index (χ0v) is 11.3. The Morgan fingerprint density at radius 1 is 1.44 bits per heavy atom. The van der Waals surface area contributed by atoms with Gasteiger partial charge in [0, 0.05) is 6.04 Å². The molecule has 1 saturated heterocycles. The Labute approximate surface area is 105 Å².